The van der Waals surface area contributed by atoms with Gasteiger partial charge in [-0.3, -0.25) is 0 Å². The molecule has 0 saturated carbocycles. The molecular weight excluding hydrogens is 426 g/mol. The largest absolute Gasteiger partial charge is 1.00 e. The van der Waals surface area contributed by atoms with E-state index in [1.165, 1.54) is 64.2 Å². The van der Waals surface area contributed by atoms with Crippen LogP contribution in [0.25, 0.3) is 0 Å². The molecule has 0 spiro atoms. The molecule has 134 valence electrons. The number of fused-ring (bicyclic) bond motifs is 6. The van der Waals surface area contributed by atoms with E-state index in [2.05, 4.69) is 13.8 Å². The summed E-state index contributed by atoms with van der Waals surface area (Å²) in [5.74, 6) is 0. The summed E-state index contributed by atoms with van der Waals surface area (Å²) in [5, 5.41) is 0. The van der Waals surface area contributed by atoms with E-state index < -0.39 is 23.2 Å². The molecule has 1 heterocycles. The van der Waals surface area contributed by atoms with Gasteiger partial charge < -0.3 is 24.8 Å². The summed E-state index contributed by atoms with van der Waals surface area (Å²) in [6, 6.07) is 0. The van der Waals surface area contributed by atoms with Gasteiger partial charge in [-0.1, -0.05) is 0 Å². The molecule has 4 bridgehead atoms. The number of allylic oxidation sites excluding steroid dienone is 8. The molecule has 0 amide bonds. The maximum atomic E-state index is 2.52. The molecule has 5 aliphatic rings. The quantitative estimate of drug-likeness (QED) is 0.509. The van der Waals surface area contributed by atoms with Gasteiger partial charge in [-0.05, 0) is 0 Å². The van der Waals surface area contributed by atoms with Gasteiger partial charge in [0.2, 0.25) is 0 Å². The molecule has 0 aromatic heterocycles. The summed E-state index contributed by atoms with van der Waals surface area (Å²) in [5.41, 5.74) is 15.0. The van der Waals surface area contributed by atoms with Crippen LogP contribution in [0.15, 0.2) is 44.6 Å². The van der Waals surface area contributed by atoms with Crippen LogP contribution in [0.4, 0.5) is 0 Å². The zero-order chi connectivity index (χ0) is 15.6. The third kappa shape index (κ3) is 3.05. The van der Waals surface area contributed by atoms with Gasteiger partial charge in [-0.15, -0.1) is 0 Å². The van der Waals surface area contributed by atoms with E-state index in [9.17, 15) is 0 Å². The fourth-order valence-electron chi connectivity index (χ4n) is 6.10. The fourth-order valence-corrected chi connectivity index (χ4v) is 11.6. The van der Waals surface area contributed by atoms with E-state index >= 15 is 0 Å². The summed E-state index contributed by atoms with van der Waals surface area (Å²) >= 11 is -0.458. The maximum Gasteiger partial charge on any atom is -1.00 e. The van der Waals surface area contributed by atoms with Gasteiger partial charge in [0.25, 0.3) is 0 Å². The molecular formula is C22H28Cl2Zr. The van der Waals surface area contributed by atoms with Gasteiger partial charge >= 0.3 is 153 Å². The van der Waals surface area contributed by atoms with Crippen LogP contribution in [0.2, 0.25) is 7.25 Å². The molecule has 3 heteroatoms. The SMILES string of the molecule is CC1=C2CCC3=C(C)[CH]([Zr+2][CH]1C1=C2CCCC1)C1=C3CCCC1.[Cl-].[Cl-]. The minimum absolute atomic E-state index is 0. The van der Waals surface area contributed by atoms with E-state index in [1.807, 2.05) is 44.6 Å². The molecule has 4 aliphatic carbocycles. The van der Waals surface area contributed by atoms with Crippen LogP contribution < -0.4 is 24.8 Å². The van der Waals surface area contributed by atoms with Crippen LogP contribution in [-0.2, 0) is 23.2 Å². The summed E-state index contributed by atoms with van der Waals surface area (Å²) in [7, 11) is 0. The third-order valence-corrected chi connectivity index (χ3v) is 12.7. The number of rotatable bonds is 0. The molecule has 0 aromatic rings. The second kappa shape index (κ2) is 7.81. The Morgan fingerprint density at radius 1 is 0.560 bits per heavy atom. The molecule has 0 N–H and O–H groups in total. The molecule has 0 fully saturated rings. The van der Waals surface area contributed by atoms with Crippen LogP contribution in [0.5, 0.6) is 0 Å². The van der Waals surface area contributed by atoms with Crippen molar-refractivity contribution in [3.63, 3.8) is 0 Å². The van der Waals surface area contributed by atoms with Crippen molar-refractivity contribution in [1.82, 2.24) is 0 Å². The van der Waals surface area contributed by atoms with Gasteiger partial charge in [0.15, 0.2) is 0 Å². The van der Waals surface area contributed by atoms with Crippen molar-refractivity contribution >= 4 is 0 Å². The van der Waals surface area contributed by atoms with E-state index in [4.69, 9.17) is 0 Å². The smallest absolute Gasteiger partial charge is 1.00 e. The van der Waals surface area contributed by atoms with Crippen molar-refractivity contribution in [3.8, 4) is 0 Å². The zero-order valence-electron chi connectivity index (χ0n) is 15.5. The van der Waals surface area contributed by atoms with Crippen LogP contribution in [-0.4, -0.2) is 0 Å². The Balaban J connectivity index is 0.000000911. The van der Waals surface area contributed by atoms with Gasteiger partial charge in [0.05, 0.1) is 0 Å². The Labute approximate surface area is 177 Å². The van der Waals surface area contributed by atoms with Gasteiger partial charge in [-0.25, -0.2) is 0 Å². The Morgan fingerprint density at radius 2 is 0.960 bits per heavy atom. The van der Waals surface area contributed by atoms with Crippen LogP contribution in [0.3, 0.4) is 0 Å². The minimum atomic E-state index is -0.458. The fraction of sp³-hybridized carbons (Fsp3) is 0.636. The predicted molar refractivity (Wildman–Crippen MR) is 93.1 cm³/mol. The second-order valence-electron chi connectivity index (χ2n) is 8.28. The number of halogens is 2. The molecule has 25 heavy (non-hydrogen) atoms. The Hall–Kier alpha value is 0.423. The van der Waals surface area contributed by atoms with Crippen LogP contribution >= 0.6 is 0 Å². The van der Waals surface area contributed by atoms with Crippen molar-refractivity contribution < 1.29 is 48.0 Å². The summed E-state index contributed by atoms with van der Waals surface area (Å²) in [6.45, 7) is 5.04. The third-order valence-electron chi connectivity index (χ3n) is 7.22. The molecule has 1 aliphatic heterocycles. The van der Waals surface area contributed by atoms with E-state index in [0.717, 1.165) is 7.25 Å². The number of hydrogen-bond donors (Lipinski definition) is 0. The first-order chi connectivity index (χ1) is 11.3. The molecule has 0 saturated heterocycles. The topological polar surface area (TPSA) is 0 Å². The Morgan fingerprint density at radius 3 is 1.40 bits per heavy atom. The average molecular weight is 455 g/mol. The first-order valence-electron chi connectivity index (χ1n) is 9.85. The second-order valence-corrected chi connectivity index (χ2v) is 11.9. The summed E-state index contributed by atoms with van der Waals surface area (Å²) < 4.78 is 1.94. The maximum absolute atomic E-state index is 2.52. The van der Waals surface area contributed by atoms with Crippen molar-refractivity contribution in [3.05, 3.63) is 44.6 Å². The Bertz CT molecular complexity index is 648. The first kappa shape index (κ1) is 20.2. The minimum Gasteiger partial charge on any atom is -1.00 e. The molecule has 0 radical (unpaired) electrons. The van der Waals surface area contributed by atoms with Crippen molar-refractivity contribution in [2.75, 3.05) is 0 Å². The molecule has 2 atom stereocenters. The summed E-state index contributed by atoms with van der Waals surface area (Å²) in [6.07, 6.45) is 14.3. The first-order valence-corrected chi connectivity index (χ1v) is 12.7. The molecule has 0 aromatic carbocycles. The standard InChI is InChI=1S/C22H28.2ClH.Zr/c1-15-13-17-7-3-5-9-21(17)19(15)11-12-20-16(2)14-18-8-4-6-10-22(18)20;;;/h13-14H,3-12H2,1-2H3;2*1H;/q;;;+2/p-2. The van der Waals surface area contributed by atoms with Gasteiger partial charge in [0.1, 0.15) is 0 Å². The molecule has 5 rings (SSSR count). The van der Waals surface area contributed by atoms with E-state index in [0.29, 0.717) is 0 Å². The average Bonchev–Trinajstić information content (AvgIpc) is 3.01. The molecule has 0 nitrogen and oxygen atoms in total. The van der Waals surface area contributed by atoms with Crippen molar-refractivity contribution in [1.29, 1.82) is 0 Å². The number of hydrogen-bond acceptors (Lipinski definition) is 0. The van der Waals surface area contributed by atoms with Crippen molar-refractivity contribution in [2.24, 2.45) is 0 Å². The van der Waals surface area contributed by atoms with E-state index in [-0.39, 0.29) is 24.8 Å². The van der Waals surface area contributed by atoms with Crippen LogP contribution in [0, 0.1) is 0 Å². The van der Waals surface area contributed by atoms with Gasteiger partial charge in [0, 0.05) is 0 Å². The zero-order valence-corrected chi connectivity index (χ0v) is 19.5. The normalized spacial score (nSPS) is 30.3. The van der Waals surface area contributed by atoms with Crippen molar-refractivity contribution in [2.45, 2.75) is 85.3 Å². The van der Waals surface area contributed by atoms with Crippen LogP contribution in [0.1, 0.15) is 78.1 Å². The Kier molecular flexibility index (Phi) is 6.30. The van der Waals surface area contributed by atoms with E-state index in [1.54, 1.807) is 0 Å². The molecule has 2 unspecified atom stereocenters. The predicted octanol–water partition coefficient (Wildman–Crippen LogP) is 0.849. The van der Waals surface area contributed by atoms with Gasteiger partial charge in [-0.2, -0.15) is 0 Å². The monoisotopic (exact) mass is 452 g/mol. The summed E-state index contributed by atoms with van der Waals surface area (Å²) in [4.78, 5) is 0.